The van der Waals surface area contributed by atoms with Crippen LogP contribution in [-0.4, -0.2) is 23.1 Å². The zero-order chi connectivity index (χ0) is 15.2. The van der Waals surface area contributed by atoms with E-state index in [1.54, 1.807) is 0 Å². The number of hydrogen-bond donors (Lipinski definition) is 4. The Bertz CT molecular complexity index is 542. The van der Waals surface area contributed by atoms with Crippen molar-refractivity contribution in [3.05, 3.63) is 29.6 Å². The van der Waals surface area contributed by atoms with Crippen molar-refractivity contribution in [3.8, 4) is 0 Å². The number of carbonyl (C=O) groups excluding carboxylic acids is 1. The molecule has 0 spiro atoms. The summed E-state index contributed by atoms with van der Waals surface area (Å²) in [6, 6.07) is 3.84. The van der Waals surface area contributed by atoms with E-state index < -0.39 is 11.8 Å². The minimum Gasteiger partial charge on any atom is -0.409 e. The average Bonchev–Trinajstić information content (AvgIpc) is 2.47. The number of nitrogens with zero attached hydrogens (tertiary/aromatic N) is 1. The van der Waals surface area contributed by atoms with Crippen LogP contribution in [0.4, 0.5) is 14.9 Å². The smallest absolute Gasteiger partial charge is 0.319 e. The first kappa shape index (κ1) is 15.1. The van der Waals surface area contributed by atoms with Crippen LogP contribution in [0.2, 0.25) is 0 Å². The Morgan fingerprint density at radius 1 is 1.33 bits per heavy atom. The highest BCUT2D eigenvalue weighted by molar-refractivity contribution is 6.05. The lowest BCUT2D eigenvalue weighted by atomic mass is 9.96. The zero-order valence-corrected chi connectivity index (χ0v) is 11.6. The molecule has 0 unspecified atom stereocenters. The molecule has 5 N–H and O–H groups in total. The monoisotopic (exact) mass is 294 g/mol. The number of hydrogen-bond acceptors (Lipinski definition) is 3. The minimum absolute atomic E-state index is 0.126. The summed E-state index contributed by atoms with van der Waals surface area (Å²) in [6.45, 7) is 0. The molecule has 0 aromatic heterocycles. The van der Waals surface area contributed by atoms with Gasteiger partial charge in [0, 0.05) is 6.04 Å². The molecule has 1 aromatic carbocycles. The largest absolute Gasteiger partial charge is 0.409 e. The van der Waals surface area contributed by atoms with Gasteiger partial charge in [0.05, 0.1) is 11.3 Å². The Morgan fingerprint density at radius 2 is 2.05 bits per heavy atom. The summed E-state index contributed by atoms with van der Waals surface area (Å²) in [5, 5.41) is 16.9. The van der Waals surface area contributed by atoms with E-state index in [0.717, 1.165) is 25.7 Å². The van der Waals surface area contributed by atoms with Crippen LogP contribution in [0.25, 0.3) is 0 Å². The Hall–Kier alpha value is -2.31. The van der Waals surface area contributed by atoms with E-state index in [-0.39, 0.29) is 23.1 Å². The number of carbonyl (C=O) groups is 1. The maximum Gasteiger partial charge on any atom is 0.319 e. The summed E-state index contributed by atoms with van der Waals surface area (Å²) in [6.07, 6.45) is 5.28. The first-order chi connectivity index (χ1) is 10.1. The second-order valence-corrected chi connectivity index (χ2v) is 5.08. The quantitative estimate of drug-likeness (QED) is 0.298. The number of anilines is 1. The molecule has 0 saturated heterocycles. The summed E-state index contributed by atoms with van der Waals surface area (Å²) >= 11 is 0. The van der Waals surface area contributed by atoms with Crippen molar-refractivity contribution < 1.29 is 14.4 Å². The van der Waals surface area contributed by atoms with Gasteiger partial charge < -0.3 is 21.6 Å². The summed E-state index contributed by atoms with van der Waals surface area (Å²) in [7, 11) is 0. The second-order valence-electron chi connectivity index (χ2n) is 5.08. The zero-order valence-electron chi connectivity index (χ0n) is 11.6. The fourth-order valence-corrected chi connectivity index (χ4v) is 2.53. The third kappa shape index (κ3) is 3.84. The van der Waals surface area contributed by atoms with Crippen molar-refractivity contribution in [2.45, 2.75) is 38.1 Å². The molecule has 6 nitrogen and oxygen atoms in total. The van der Waals surface area contributed by atoms with Crippen LogP contribution in [0.3, 0.4) is 0 Å². The number of nitrogens with one attached hydrogen (secondary N) is 2. The lowest BCUT2D eigenvalue weighted by Crippen LogP contribution is -2.39. The Morgan fingerprint density at radius 3 is 2.71 bits per heavy atom. The number of nitrogens with two attached hydrogens (primary N) is 1. The number of rotatable bonds is 3. The molecule has 1 fully saturated rings. The highest BCUT2D eigenvalue weighted by Crippen LogP contribution is 2.20. The van der Waals surface area contributed by atoms with Gasteiger partial charge in [0.1, 0.15) is 5.82 Å². The fourth-order valence-electron chi connectivity index (χ4n) is 2.53. The average molecular weight is 294 g/mol. The first-order valence-electron chi connectivity index (χ1n) is 6.95. The van der Waals surface area contributed by atoms with Crippen molar-refractivity contribution in [1.82, 2.24) is 5.32 Å². The number of halogens is 1. The third-order valence-electron chi connectivity index (χ3n) is 3.57. The van der Waals surface area contributed by atoms with E-state index in [1.807, 2.05) is 0 Å². The molecule has 0 aliphatic heterocycles. The molecular weight excluding hydrogens is 275 g/mol. The Kier molecular flexibility index (Phi) is 4.97. The van der Waals surface area contributed by atoms with E-state index >= 15 is 0 Å². The van der Waals surface area contributed by atoms with E-state index in [0.29, 0.717) is 0 Å². The number of oxime groups is 1. The van der Waals surface area contributed by atoms with Crippen LogP contribution in [0, 0.1) is 5.82 Å². The molecule has 1 aliphatic rings. The van der Waals surface area contributed by atoms with Gasteiger partial charge in [-0.15, -0.1) is 0 Å². The predicted molar refractivity (Wildman–Crippen MR) is 77.9 cm³/mol. The van der Waals surface area contributed by atoms with E-state index in [4.69, 9.17) is 10.9 Å². The SMILES string of the molecule is N/C(=N/O)c1c(F)cccc1NC(=O)NC1CCCCC1. The molecule has 1 aliphatic carbocycles. The number of amides is 2. The maximum atomic E-state index is 13.8. The predicted octanol–water partition coefficient (Wildman–Crippen LogP) is 2.37. The lowest BCUT2D eigenvalue weighted by molar-refractivity contribution is 0.244. The van der Waals surface area contributed by atoms with E-state index in [1.165, 1.54) is 24.6 Å². The highest BCUT2D eigenvalue weighted by Gasteiger charge is 2.18. The normalized spacial score (nSPS) is 16.5. The number of urea groups is 1. The summed E-state index contributed by atoms with van der Waals surface area (Å²) in [4.78, 5) is 12.0. The summed E-state index contributed by atoms with van der Waals surface area (Å²) in [5.41, 5.74) is 5.48. The molecule has 2 rings (SSSR count). The molecule has 1 aromatic rings. The fraction of sp³-hybridized carbons (Fsp3) is 0.429. The van der Waals surface area contributed by atoms with Crippen molar-refractivity contribution >= 4 is 17.6 Å². The molecule has 0 bridgehead atoms. The molecule has 0 radical (unpaired) electrons. The van der Waals surface area contributed by atoms with Gasteiger partial charge in [-0.25, -0.2) is 9.18 Å². The lowest BCUT2D eigenvalue weighted by Gasteiger charge is -2.23. The molecule has 114 valence electrons. The van der Waals surface area contributed by atoms with Gasteiger partial charge in [0.25, 0.3) is 0 Å². The molecule has 21 heavy (non-hydrogen) atoms. The minimum atomic E-state index is -0.666. The van der Waals surface area contributed by atoms with Crippen molar-refractivity contribution in [2.24, 2.45) is 10.9 Å². The molecule has 7 heteroatoms. The van der Waals surface area contributed by atoms with Crippen LogP contribution < -0.4 is 16.4 Å². The maximum absolute atomic E-state index is 13.8. The van der Waals surface area contributed by atoms with Gasteiger partial charge in [-0.1, -0.05) is 30.5 Å². The van der Waals surface area contributed by atoms with Crippen LogP contribution in [0.1, 0.15) is 37.7 Å². The number of amidine groups is 1. The van der Waals surface area contributed by atoms with Gasteiger partial charge in [-0.05, 0) is 25.0 Å². The van der Waals surface area contributed by atoms with Crippen LogP contribution in [0.5, 0.6) is 0 Å². The Labute approximate surface area is 122 Å². The highest BCUT2D eigenvalue weighted by atomic mass is 19.1. The van der Waals surface area contributed by atoms with Gasteiger partial charge in [0.15, 0.2) is 5.84 Å². The van der Waals surface area contributed by atoms with Crippen LogP contribution in [0.15, 0.2) is 23.4 Å². The molecule has 0 heterocycles. The molecule has 0 atom stereocenters. The van der Waals surface area contributed by atoms with Gasteiger partial charge >= 0.3 is 6.03 Å². The van der Waals surface area contributed by atoms with Crippen LogP contribution in [-0.2, 0) is 0 Å². The van der Waals surface area contributed by atoms with Gasteiger partial charge in [-0.2, -0.15) is 0 Å². The van der Waals surface area contributed by atoms with Crippen molar-refractivity contribution in [3.63, 3.8) is 0 Å². The van der Waals surface area contributed by atoms with Gasteiger partial charge in [-0.3, -0.25) is 0 Å². The summed E-state index contributed by atoms with van der Waals surface area (Å²) < 4.78 is 13.8. The third-order valence-corrected chi connectivity index (χ3v) is 3.57. The van der Waals surface area contributed by atoms with Crippen molar-refractivity contribution in [1.29, 1.82) is 0 Å². The van der Waals surface area contributed by atoms with Crippen LogP contribution >= 0.6 is 0 Å². The van der Waals surface area contributed by atoms with Crippen molar-refractivity contribution in [2.75, 3.05) is 5.32 Å². The molecular formula is C14H19FN4O2. The standard InChI is InChI=1S/C14H19FN4O2/c15-10-7-4-8-11(12(10)13(16)19-21)18-14(20)17-9-5-2-1-3-6-9/h4,7-9,21H,1-3,5-6H2,(H2,16,19)(H2,17,18,20). The Balaban J connectivity index is 2.08. The number of benzene rings is 1. The first-order valence-corrected chi connectivity index (χ1v) is 6.95. The second kappa shape index (κ2) is 6.92. The molecule has 2 amide bonds. The van der Waals surface area contributed by atoms with Gasteiger partial charge in [0.2, 0.25) is 0 Å². The summed E-state index contributed by atoms with van der Waals surface area (Å²) in [5.74, 6) is -1.05. The van der Waals surface area contributed by atoms with E-state index in [9.17, 15) is 9.18 Å². The topological polar surface area (TPSA) is 99.7 Å². The van der Waals surface area contributed by atoms with E-state index in [2.05, 4.69) is 15.8 Å². The molecule has 1 saturated carbocycles.